The number of benzene rings is 2. The average molecular weight is 460 g/mol. The summed E-state index contributed by atoms with van der Waals surface area (Å²) in [4.78, 5) is 33.3. The minimum absolute atomic E-state index is 0.00230. The summed E-state index contributed by atoms with van der Waals surface area (Å²) in [6.45, 7) is 5.54. The molecule has 0 saturated carbocycles. The van der Waals surface area contributed by atoms with Crippen LogP contribution in [0.1, 0.15) is 55.8 Å². The molecule has 0 spiro atoms. The molecule has 1 aromatic heterocycles. The number of fused-ring (bicyclic) bond motifs is 1. The molecule has 34 heavy (non-hydrogen) atoms. The van der Waals surface area contributed by atoms with Crippen LogP contribution in [0.5, 0.6) is 0 Å². The third kappa shape index (κ3) is 4.56. The van der Waals surface area contributed by atoms with Crippen molar-refractivity contribution in [2.45, 2.75) is 26.4 Å². The first-order valence-electron chi connectivity index (χ1n) is 11.6. The Balaban J connectivity index is 1.54. The zero-order chi connectivity index (χ0) is 24.4. The predicted molar refractivity (Wildman–Crippen MR) is 137 cm³/mol. The number of carbonyl (C=O) groups excluding carboxylic acids is 2. The van der Waals surface area contributed by atoms with Crippen LogP contribution < -0.4 is 15.5 Å². The summed E-state index contributed by atoms with van der Waals surface area (Å²) < 4.78 is 0. The Morgan fingerprint density at radius 2 is 1.79 bits per heavy atom. The zero-order valence-corrected chi connectivity index (χ0v) is 20.5. The molecule has 4 rings (SSSR count). The highest BCUT2D eigenvalue weighted by molar-refractivity contribution is 6.10. The van der Waals surface area contributed by atoms with Gasteiger partial charge in [0.2, 0.25) is 0 Å². The van der Waals surface area contributed by atoms with E-state index in [0.717, 1.165) is 41.2 Å². The maximum atomic E-state index is 12.9. The SMILES string of the molecule is Cc1[nH]c(C(=O)NCCCN(C)C)c(C)c1C1Nc2ccc(C(=O)c3ccccc3)cc2N1C. The number of H-pyrrole nitrogens is 1. The van der Waals surface area contributed by atoms with Crippen LogP contribution in [0.15, 0.2) is 48.5 Å². The minimum atomic E-state index is -0.136. The van der Waals surface area contributed by atoms with E-state index in [9.17, 15) is 9.59 Å². The van der Waals surface area contributed by atoms with Crippen LogP contribution in [0.25, 0.3) is 0 Å². The molecule has 1 aliphatic heterocycles. The molecule has 0 aliphatic carbocycles. The highest BCUT2D eigenvalue weighted by atomic mass is 16.2. The van der Waals surface area contributed by atoms with Gasteiger partial charge in [-0.2, -0.15) is 0 Å². The molecule has 178 valence electrons. The van der Waals surface area contributed by atoms with E-state index in [1.807, 2.05) is 83.5 Å². The molecule has 0 fully saturated rings. The van der Waals surface area contributed by atoms with Crippen molar-refractivity contribution < 1.29 is 9.59 Å². The van der Waals surface area contributed by atoms with Crippen molar-refractivity contribution in [3.05, 3.63) is 82.2 Å². The van der Waals surface area contributed by atoms with E-state index in [-0.39, 0.29) is 17.9 Å². The highest BCUT2D eigenvalue weighted by Crippen LogP contribution is 2.42. The molecule has 1 aliphatic rings. The monoisotopic (exact) mass is 459 g/mol. The van der Waals surface area contributed by atoms with Gasteiger partial charge in [0, 0.05) is 36.0 Å². The first-order chi connectivity index (χ1) is 16.3. The Kier molecular flexibility index (Phi) is 6.75. The molecule has 7 heteroatoms. The van der Waals surface area contributed by atoms with Gasteiger partial charge in [-0.25, -0.2) is 0 Å². The first kappa shape index (κ1) is 23.6. The smallest absolute Gasteiger partial charge is 0.267 e. The normalized spacial score (nSPS) is 14.8. The average Bonchev–Trinajstić information content (AvgIpc) is 3.31. The number of aryl methyl sites for hydroxylation is 1. The Bertz CT molecular complexity index is 1200. The van der Waals surface area contributed by atoms with E-state index in [0.29, 0.717) is 23.4 Å². The molecule has 0 saturated heterocycles. The van der Waals surface area contributed by atoms with Crippen LogP contribution in [-0.4, -0.2) is 55.8 Å². The quantitative estimate of drug-likeness (QED) is 0.349. The van der Waals surface area contributed by atoms with Crippen LogP contribution in [0, 0.1) is 13.8 Å². The third-order valence-corrected chi connectivity index (χ3v) is 6.42. The van der Waals surface area contributed by atoms with Gasteiger partial charge in [0.25, 0.3) is 5.91 Å². The second kappa shape index (κ2) is 9.73. The molecule has 3 aromatic rings. The van der Waals surface area contributed by atoms with Crippen molar-refractivity contribution in [1.29, 1.82) is 0 Å². The Labute approximate surface area is 201 Å². The first-order valence-corrected chi connectivity index (χ1v) is 11.6. The maximum Gasteiger partial charge on any atom is 0.267 e. The van der Waals surface area contributed by atoms with Gasteiger partial charge >= 0.3 is 0 Å². The van der Waals surface area contributed by atoms with Crippen LogP contribution in [0.2, 0.25) is 0 Å². The number of nitrogens with zero attached hydrogens (tertiary/aromatic N) is 2. The second-order valence-electron chi connectivity index (χ2n) is 9.16. The lowest BCUT2D eigenvalue weighted by Crippen LogP contribution is -2.28. The number of aromatic nitrogens is 1. The molecule has 3 N–H and O–H groups in total. The second-order valence-corrected chi connectivity index (χ2v) is 9.16. The van der Waals surface area contributed by atoms with E-state index in [2.05, 4.69) is 25.4 Å². The van der Waals surface area contributed by atoms with Crippen molar-refractivity contribution in [3.63, 3.8) is 0 Å². The van der Waals surface area contributed by atoms with Gasteiger partial charge in [-0.15, -0.1) is 0 Å². The molecule has 2 heterocycles. The summed E-state index contributed by atoms with van der Waals surface area (Å²) in [6, 6.07) is 15.1. The number of hydrogen-bond acceptors (Lipinski definition) is 5. The van der Waals surface area contributed by atoms with Gasteiger partial charge in [-0.3, -0.25) is 9.59 Å². The number of ketones is 1. The standard InChI is InChI=1S/C27H33N5O2/c1-17-23(18(2)29-24(17)27(34)28-14-9-15-31(3)4)26-30-21-13-12-20(16-22(21)32(26)5)25(33)19-10-7-6-8-11-19/h6-8,10-13,16,26,29-30H,9,14-15H2,1-5H3,(H,28,34). The molecular weight excluding hydrogens is 426 g/mol. The third-order valence-electron chi connectivity index (χ3n) is 6.42. The Hall–Kier alpha value is -3.58. The van der Waals surface area contributed by atoms with Gasteiger partial charge in [-0.05, 0) is 64.7 Å². The lowest BCUT2D eigenvalue weighted by atomic mass is 10.0. The summed E-state index contributed by atoms with van der Waals surface area (Å²) >= 11 is 0. The predicted octanol–water partition coefficient (Wildman–Crippen LogP) is 4.10. The summed E-state index contributed by atoms with van der Waals surface area (Å²) in [5.74, 6) is -0.0815. The Morgan fingerprint density at radius 1 is 1.06 bits per heavy atom. The van der Waals surface area contributed by atoms with E-state index >= 15 is 0 Å². The maximum absolute atomic E-state index is 12.9. The molecule has 7 nitrogen and oxygen atoms in total. The van der Waals surface area contributed by atoms with Gasteiger partial charge in [0.1, 0.15) is 11.9 Å². The minimum Gasteiger partial charge on any atom is -0.360 e. The number of rotatable bonds is 8. The van der Waals surface area contributed by atoms with Crippen molar-refractivity contribution in [3.8, 4) is 0 Å². The van der Waals surface area contributed by atoms with Crippen molar-refractivity contribution in [2.24, 2.45) is 0 Å². The van der Waals surface area contributed by atoms with E-state index in [1.165, 1.54) is 0 Å². The fourth-order valence-corrected chi connectivity index (χ4v) is 4.58. The fraction of sp³-hybridized carbons (Fsp3) is 0.333. The number of hydrogen-bond donors (Lipinski definition) is 3. The molecule has 0 bridgehead atoms. The molecule has 1 unspecified atom stereocenters. The summed E-state index contributed by atoms with van der Waals surface area (Å²) in [5.41, 5.74) is 6.78. The zero-order valence-electron chi connectivity index (χ0n) is 20.5. The van der Waals surface area contributed by atoms with Gasteiger partial charge in [-0.1, -0.05) is 30.3 Å². The lowest BCUT2D eigenvalue weighted by Gasteiger charge is -2.23. The molecule has 1 amide bonds. The summed E-state index contributed by atoms with van der Waals surface area (Å²) in [7, 11) is 6.06. The lowest BCUT2D eigenvalue weighted by molar-refractivity contribution is 0.0946. The van der Waals surface area contributed by atoms with E-state index < -0.39 is 0 Å². The summed E-state index contributed by atoms with van der Waals surface area (Å²) in [5, 5.41) is 6.58. The van der Waals surface area contributed by atoms with Crippen LogP contribution in [0.3, 0.4) is 0 Å². The van der Waals surface area contributed by atoms with Crippen LogP contribution in [0.4, 0.5) is 11.4 Å². The van der Waals surface area contributed by atoms with E-state index in [4.69, 9.17) is 0 Å². The van der Waals surface area contributed by atoms with Crippen molar-refractivity contribution in [2.75, 3.05) is 44.4 Å². The summed E-state index contributed by atoms with van der Waals surface area (Å²) in [6.07, 6.45) is 0.764. The Morgan fingerprint density at radius 3 is 2.50 bits per heavy atom. The molecular formula is C27H33N5O2. The van der Waals surface area contributed by atoms with Crippen LogP contribution in [-0.2, 0) is 0 Å². The van der Waals surface area contributed by atoms with Gasteiger partial charge in [0.05, 0.1) is 11.4 Å². The highest BCUT2D eigenvalue weighted by Gasteiger charge is 2.32. The van der Waals surface area contributed by atoms with Gasteiger partial charge in [0.15, 0.2) is 5.78 Å². The van der Waals surface area contributed by atoms with E-state index in [1.54, 1.807) is 0 Å². The number of nitrogens with one attached hydrogen (secondary N) is 3. The van der Waals surface area contributed by atoms with Crippen LogP contribution >= 0.6 is 0 Å². The molecule has 1 atom stereocenters. The van der Waals surface area contributed by atoms with Crippen molar-refractivity contribution >= 4 is 23.1 Å². The largest absolute Gasteiger partial charge is 0.360 e. The molecule has 2 aromatic carbocycles. The topological polar surface area (TPSA) is 80.5 Å². The number of carbonyl (C=O) groups is 2. The number of amides is 1. The molecule has 0 radical (unpaired) electrons. The van der Waals surface area contributed by atoms with Gasteiger partial charge < -0.3 is 25.4 Å². The number of aromatic amines is 1. The fourth-order valence-electron chi connectivity index (χ4n) is 4.58. The van der Waals surface area contributed by atoms with Crippen molar-refractivity contribution in [1.82, 2.24) is 15.2 Å². The number of anilines is 2.